The summed E-state index contributed by atoms with van der Waals surface area (Å²) in [7, 11) is 1.78. The van der Waals surface area contributed by atoms with Crippen LogP contribution < -0.4 is 5.32 Å². The van der Waals surface area contributed by atoms with Crippen molar-refractivity contribution in [2.24, 2.45) is 0 Å². The first-order valence-electron chi connectivity index (χ1n) is 6.05. The minimum atomic E-state index is -0.240. The van der Waals surface area contributed by atoms with Gasteiger partial charge in [-0.05, 0) is 18.2 Å². The average molecular weight is 273 g/mol. The van der Waals surface area contributed by atoms with Crippen LogP contribution in [-0.4, -0.2) is 17.9 Å². The molecular formula is C15H13ClN2O. The highest BCUT2D eigenvalue weighted by Crippen LogP contribution is 2.34. The second kappa shape index (κ2) is 4.59. The van der Waals surface area contributed by atoms with Crippen molar-refractivity contribution in [3.63, 3.8) is 0 Å². The van der Waals surface area contributed by atoms with Gasteiger partial charge >= 0.3 is 0 Å². The number of hydrogen-bond acceptors (Lipinski definition) is 2. The first-order chi connectivity index (χ1) is 9.18. The van der Waals surface area contributed by atoms with Crippen LogP contribution in [0.15, 0.2) is 48.5 Å². The SMILES string of the molecule is CN1C(=O)c2ccccc2NC1c1ccccc1Cl. The van der Waals surface area contributed by atoms with Gasteiger partial charge in [-0.3, -0.25) is 4.79 Å². The summed E-state index contributed by atoms with van der Waals surface area (Å²) in [5.41, 5.74) is 2.43. The molecule has 0 saturated heterocycles. The van der Waals surface area contributed by atoms with Crippen LogP contribution in [0.25, 0.3) is 0 Å². The molecule has 0 bridgehead atoms. The molecule has 96 valence electrons. The largest absolute Gasteiger partial charge is 0.361 e. The van der Waals surface area contributed by atoms with Gasteiger partial charge in [-0.1, -0.05) is 41.9 Å². The molecule has 2 aromatic rings. The van der Waals surface area contributed by atoms with E-state index < -0.39 is 0 Å². The Morgan fingerprint density at radius 1 is 1.11 bits per heavy atom. The van der Waals surface area contributed by atoms with Crippen molar-refractivity contribution in [2.45, 2.75) is 6.17 Å². The van der Waals surface area contributed by atoms with Crippen molar-refractivity contribution in [2.75, 3.05) is 12.4 Å². The Kier molecular flexibility index (Phi) is 2.91. The molecule has 3 rings (SSSR count). The maximum absolute atomic E-state index is 12.4. The van der Waals surface area contributed by atoms with E-state index >= 15 is 0 Å². The first kappa shape index (κ1) is 12.1. The second-order valence-corrected chi connectivity index (χ2v) is 4.94. The number of nitrogens with zero attached hydrogens (tertiary/aromatic N) is 1. The van der Waals surface area contributed by atoms with Crippen LogP contribution in [-0.2, 0) is 0 Å². The van der Waals surface area contributed by atoms with Gasteiger partial charge in [-0.25, -0.2) is 0 Å². The van der Waals surface area contributed by atoms with Crippen LogP contribution in [0, 0.1) is 0 Å². The van der Waals surface area contributed by atoms with Crippen LogP contribution in [0.5, 0.6) is 0 Å². The normalized spacial score (nSPS) is 17.9. The predicted molar refractivity (Wildman–Crippen MR) is 76.4 cm³/mol. The van der Waals surface area contributed by atoms with Gasteiger partial charge in [0.25, 0.3) is 5.91 Å². The van der Waals surface area contributed by atoms with Gasteiger partial charge in [0.2, 0.25) is 0 Å². The maximum Gasteiger partial charge on any atom is 0.257 e. The quantitative estimate of drug-likeness (QED) is 0.861. The zero-order valence-electron chi connectivity index (χ0n) is 10.4. The molecule has 19 heavy (non-hydrogen) atoms. The van der Waals surface area contributed by atoms with Crippen LogP contribution in [0.2, 0.25) is 5.02 Å². The fourth-order valence-electron chi connectivity index (χ4n) is 2.33. The third kappa shape index (κ3) is 1.96. The Labute approximate surface area is 116 Å². The second-order valence-electron chi connectivity index (χ2n) is 4.53. The van der Waals surface area contributed by atoms with Crippen molar-refractivity contribution < 1.29 is 4.79 Å². The Balaban J connectivity index is 2.07. The fraction of sp³-hybridized carbons (Fsp3) is 0.133. The number of benzene rings is 2. The zero-order valence-corrected chi connectivity index (χ0v) is 11.2. The van der Waals surface area contributed by atoms with E-state index in [-0.39, 0.29) is 12.1 Å². The molecule has 0 spiro atoms. The van der Waals surface area contributed by atoms with E-state index in [1.54, 1.807) is 11.9 Å². The number of para-hydroxylation sites is 1. The van der Waals surface area contributed by atoms with Crippen LogP contribution in [0.1, 0.15) is 22.1 Å². The fourth-order valence-corrected chi connectivity index (χ4v) is 2.57. The Morgan fingerprint density at radius 2 is 1.79 bits per heavy atom. The summed E-state index contributed by atoms with van der Waals surface area (Å²) in [4.78, 5) is 14.0. The number of rotatable bonds is 1. The summed E-state index contributed by atoms with van der Waals surface area (Å²) in [5, 5.41) is 4.01. The Hall–Kier alpha value is -2.00. The molecule has 0 saturated carbocycles. The van der Waals surface area contributed by atoms with Crippen LogP contribution in [0.3, 0.4) is 0 Å². The first-order valence-corrected chi connectivity index (χ1v) is 6.43. The lowest BCUT2D eigenvalue weighted by Gasteiger charge is -2.35. The number of amides is 1. The summed E-state index contributed by atoms with van der Waals surface area (Å²) in [6.45, 7) is 0. The molecule has 1 heterocycles. The van der Waals surface area contributed by atoms with Crippen molar-refractivity contribution in [3.8, 4) is 0 Å². The molecule has 0 aliphatic carbocycles. The molecule has 4 heteroatoms. The summed E-state index contributed by atoms with van der Waals surface area (Å²) in [6.07, 6.45) is -0.240. The highest BCUT2D eigenvalue weighted by Gasteiger charge is 2.30. The van der Waals surface area contributed by atoms with Crippen molar-refractivity contribution in [1.82, 2.24) is 4.90 Å². The van der Waals surface area contributed by atoms with E-state index in [1.165, 1.54) is 0 Å². The van der Waals surface area contributed by atoms with Gasteiger partial charge in [-0.15, -0.1) is 0 Å². The molecule has 0 radical (unpaired) electrons. The molecule has 1 aliphatic heterocycles. The van der Waals surface area contributed by atoms with E-state index in [9.17, 15) is 4.79 Å². The highest BCUT2D eigenvalue weighted by atomic mass is 35.5. The Morgan fingerprint density at radius 3 is 2.58 bits per heavy atom. The lowest BCUT2D eigenvalue weighted by Crippen LogP contribution is -2.40. The molecule has 1 N–H and O–H groups in total. The van der Waals surface area contributed by atoms with Crippen LogP contribution >= 0.6 is 11.6 Å². The monoisotopic (exact) mass is 272 g/mol. The van der Waals surface area contributed by atoms with E-state index in [4.69, 9.17) is 11.6 Å². The number of carbonyl (C=O) groups excluding carboxylic acids is 1. The molecule has 0 aromatic heterocycles. The number of fused-ring (bicyclic) bond motifs is 1. The number of nitrogens with one attached hydrogen (secondary N) is 1. The van der Waals surface area contributed by atoms with E-state index in [0.717, 1.165) is 11.3 Å². The van der Waals surface area contributed by atoms with Crippen molar-refractivity contribution in [1.29, 1.82) is 0 Å². The molecule has 2 aromatic carbocycles. The van der Waals surface area contributed by atoms with Gasteiger partial charge in [0, 0.05) is 23.3 Å². The van der Waals surface area contributed by atoms with Gasteiger partial charge in [0.05, 0.1) is 5.56 Å². The summed E-state index contributed by atoms with van der Waals surface area (Å²) < 4.78 is 0. The minimum absolute atomic E-state index is 0.000676. The topological polar surface area (TPSA) is 32.3 Å². The van der Waals surface area contributed by atoms with E-state index in [2.05, 4.69) is 5.32 Å². The van der Waals surface area contributed by atoms with Crippen molar-refractivity contribution in [3.05, 3.63) is 64.7 Å². The summed E-state index contributed by atoms with van der Waals surface area (Å²) in [5.74, 6) is -0.000676. The standard InChI is InChI=1S/C15H13ClN2O/c1-18-14(10-6-2-4-8-12(10)16)17-13-9-5-3-7-11(13)15(18)19/h2-9,14,17H,1H3. The third-order valence-electron chi connectivity index (χ3n) is 3.36. The lowest BCUT2D eigenvalue weighted by atomic mass is 10.0. The molecular weight excluding hydrogens is 260 g/mol. The minimum Gasteiger partial charge on any atom is -0.361 e. The summed E-state index contributed by atoms with van der Waals surface area (Å²) >= 11 is 6.22. The maximum atomic E-state index is 12.4. The highest BCUT2D eigenvalue weighted by molar-refractivity contribution is 6.31. The molecule has 3 nitrogen and oxygen atoms in total. The third-order valence-corrected chi connectivity index (χ3v) is 3.70. The molecule has 1 atom stereocenters. The molecule has 1 amide bonds. The van der Waals surface area contributed by atoms with Crippen molar-refractivity contribution >= 4 is 23.2 Å². The van der Waals surface area contributed by atoms with E-state index in [0.29, 0.717) is 10.6 Å². The number of carbonyl (C=O) groups is 1. The molecule has 1 unspecified atom stereocenters. The van der Waals surface area contributed by atoms with E-state index in [1.807, 2.05) is 48.5 Å². The van der Waals surface area contributed by atoms with Gasteiger partial charge in [-0.2, -0.15) is 0 Å². The average Bonchev–Trinajstić information content (AvgIpc) is 2.44. The number of hydrogen-bond donors (Lipinski definition) is 1. The summed E-state index contributed by atoms with van der Waals surface area (Å²) in [6, 6.07) is 15.1. The van der Waals surface area contributed by atoms with Gasteiger partial charge < -0.3 is 10.2 Å². The van der Waals surface area contributed by atoms with Gasteiger partial charge in [0.15, 0.2) is 0 Å². The van der Waals surface area contributed by atoms with Crippen LogP contribution in [0.4, 0.5) is 5.69 Å². The zero-order chi connectivity index (χ0) is 13.4. The number of anilines is 1. The number of halogens is 1. The smallest absolute Gasteiger partial charge is 0.257 e. The van der Waals surface area contributed by atoms with Gasteiger partial charge in [0.1, 0.15) is 6.17 Å². The Bertz CT molecular complexity index is 642. The lowest BCUT2D eigenvalue weighted by molar-refractivity contribution is 0.0735. The molecule has 1 aliphatic rings. The molecule has 0 fully saturated rings. The predicted octanol–water partition coefficient (Wildman–Crippen LogP) is 3.54.